The van der Waals surface area contributed by atoms with Gasteiger partial charge in [-0.1, -0.05) is 11.3 Å². The van der Waals surface area contributed by atoms with E-state index in [1.165, 1.54) is 23.5 Å². The van der Waals surface area contributed by atoms with Gasteiger partial charge < -0.3 is 15.4 Å². The van der Waals surface area contributed by atoms with Crippen molar-refractivity contribution < 1.29 is 18.7 Å². The van der Waals surface area contributed by atoms with Gasteiger partial charge in [0, 0.05) is 11.4 Å². The first kappa shape index (κ1) is 19.5. The van der Waals surface area contributed by atoms with E-state index in [9.17, 15) is 14.0 Å². The summed E-state index contributed by atoms with van der Waals surface area (Å²) in [6.07, 6.45) is 0. The van der Waals surface area contributed by atoms with E-state index < -0.39 is 5.97 Å². The van der Waals surface area contributed by atoms with E-state index in [-0.39, 0.29) is 11.7 Å². The zero-order chi connectivity index (χ0) is 20.1. The fourth-order valence-corrected chi connectivity index (χ4v) is 3.29. The lowest BCUT2D eigenvalue weighted by Gasteiger charge is -2.06. The largest absolute Gasteiger partial charge is 0.462 e. The number of nitrogens with one attached hydrogen (secondary N) is 2. The van der Waals surface area contributed by atoms with Gasteiger partial charge in [0.1, 0.15) is 10.7 Å². The fourth-order valence-electron chi connectivity index (χ4n) is 2.41. The highest BCUT2D eigenvalue weighted by atomic mass is 32.1. The van der Waals surface area contributed by atoms with Crippen LogP contribution < -0.4 is 10.6 Å². The van der Waals surface area contributed by atoms with Crippen LogP contribution in [0.2, 0.25) is 0 Å². The number of ether oxygens (including phenoxy) is 1. The zero-order valence-corrected chi connectivity index (χ0v) is 16.1. The van der Waals surface area contributed by atoms with Crippen LogP contribution in [0, 0.1) is 12.7 Å². The van der Waals surface area contributed by atoms with Gasteiger partial charge in [0.25, 0.3) is 5.91 Å². The first-order valence-corrected chi connectivity index (χ1v) is 9.36. The molecule has 0 spiro atoms. The number of aromatic nitrogens is 1. The maximum Gasteiger partial charge on any atom is 0.338 e. The van der Waals surface area contributed by atoms with Crippen LogP contribution in [0.5, 0.6) is 0 Å². The molecule has 0 bridgehead atoms. The minimum Gasteiger partial charge on any atom is -0.462 e. The van der Waals surface area contributed by atoms with E-state index in [1.54, 1.807) is 50.2 Å². The van der Waals surface area contributed by atoms with E-state index in [1.807, 2.05) is 0 Å². The predicted molar refractivity (Wildman–Crippen MR) is 107 cm³/mol. The van der Waals surface area contributed by atoms with Gasteiger partial charge in [0.15, 0.2) is 5.13 Å². The minimum atomic E-state index is -0.407. The van der Waals surface area contributed by atoms with Gasteiger partial charge in [-0.05, 0) is 62.4 Å². The molecule has 3 rings (SSSR count). The highest BCUT2D eigenvalue weighted by molar-refractivity contribution is 7.17. The van der Waals surface area contributed by atoms with Crippen molar-refractivity contribution >= 4 is 39.7 Å². The van der Waals surface area contributed by atoms with E-state index in [4.69, 9.17) is 4.74 Å². The summed E-state index contributed by atoms with van der Waals surface area (Å²) in [6, 6.07) is 12.3. The standard InChI is InChI=1S/C20H18FN3O3S/c1-3-27-19(26)13-4-8-15(9-5-13)23-18(25)17-12(2)22-20(28-17)24-16-10-6-14(21)7-11-16/h4-11H,3H2,1-2H3,(H,22,24)(H,23,25). The molecular weight excluding hydrogens is 381 g/mol. The number of halogens is 1. The summed E-state index contributed by atoms with van der Waals surface area (Å²) in [6.45, 7) is 3.78. The molecule has 0 saturated carbocycles. The molecule has 2 N–H and O–H groups in total. The smallest absolute Gasteiger partial charge is 0.338 e. The van der Waals surface area contributed by atoms with Crippen molar-refractivity contribution in [2.75, 3.05) is 17.2 Å². The van der Waals surface area contributed by atoms with Gasteiger partial charge in [-0.3, -0.25) is 4.79 Å². The van der Waals surface area contributed by atoms with Gasteiger partial charge in [-0.2, -0.15) is 0 Å². The Hall–Kier alpha value is -3.26. The van der Waals surface area contributed by atoms with Crippen molar-refractivity contribution in [2.24, 2.45) is 0 Å². The van der Waals surface area contributed by atoms with E-state index >= 15 is 0 Å². The second-order valence-electron chi connectivity index (χ2n) is 5.82. The molecule has 0 atom stereocenters. The Morgan fingerprint density at radius 1 is 1.07 bits per heavy atom. The van der Waals surface area contributed by atoms with E-state index in [0.717, 1.165) is 0 Å². The molecular formula is C20H18FN3O3S. The molecule has 0 aliphatic heterocycles. The molecule has 1 heterocycles. The summed E-state index contributed by atoms with van der Waals surface area (Å²) in [5.74, 6) is -1.03. The Bertz CT molecular complexity index is 985. The van der Waals surface area contributed by atoms with Gasteiger partial charge in [0.2, 0.25) is 0 Å². The van der Waals surface area contributed by atoms with Crippen molar-refractivity contribution in [3.05, 3.63) is 70.5 Å². The lowest BCUT2D eigenvalue weighted by atomic mass is 10.2. The van der Waals surface area contributed by atoms with Crippen LogP contribution in [0.3, 0.4) is 0 Å². The Morgan fingerprint density at radius 2 is 1.71 bits per heavy atom. The third kappa shape index (κ3) is 4.72. The topological polar surface area (TPSA) is 80.3 Å². The molecule has 6 nitrogen and oxygen atoms in total. The minimum absolute atomic E-state index is 0.300. The average Bonchev–Trinajstić information content (AvgIpc) is 3.04. The van der Waals surface area contributed by atoms with Crippen molar-refractivity contribution in [1.29, 1.82) is 0 Å². The maximum absolute atomic E-state index is 13.0. The number of nitrogens with zero attached hydrogens (tertiary/aromatic N) is 1. The molecule has 2 aromatic carbocycles. The highest BCUT2D eigenvalue weighted by Crippen LogP contribution is 2.26. The Balaban J connectivity index is 1.68. The first-order valence-electron chi connectivity index (χ1n) is 8.55. The van der Waals surface area contributed by atoms with Crippen LogP contribution in [-0.2, 0) is 4.74 Å². The zero-order valence-electron chi connectivity index (χ0n) is 15.3. The molecule has 0 saturated heterocycles. The third-order valence-electron chi connectivity index (χ3n) is 3.75. The normalized spacial score (nSPS) is 10.4. The third-order valence-corrected chi connectivity index (χ3v) is 4.82. The summed E-state index contributed by atoms with van der Waals surface area (Å²) in [7, 11) is 0. The van der Waals surface area contributed by atoms with E-state index in [0.29, 0.717) is 39.2 Å². The Kier molecular flexibility index (Phi) is 6.00. The van der Waals surface area contributed by atoms with Crippen molar-refractivity contribution in [2.45, 2.75) is 13.8 Å². The number of anilines is 3. The molecule has 0 aliphatic carbocycles. The Labute approximate surface area is 165 Å². The molecule has 0 radical (unpaired) electrons. The quantitative estimate of drug-likeness (QED) is 0.584. The monoisotopic (exact) mass is 399 g/mol. The van der Waals surface area contributed by atoms with E-state index in [2.05, 4.69) is 15.6 Å². The maximum atomic E-state index is 13.0. The van der Waals surface area contributed by atoms with Gasteiger partial charge in [-0.25, -0.2) is 14.2 Å². The van der Waals surface area contributed by atoms with Gasteiger partial charge in [-0.15, -0.1) is 0 Å². The predicted octanol–water partition coefficient (Wildman–Crippen LogP) is 4.76. The summed E-state index contributed by atoms with van der Waals surface area (Å²) in [5.41, 5.74) is 2.23. The Morgan fingerprint density at radius 3 is 2.36 bits per heavy atom. The molecule has 0 unspecified atom stereocenters. The fraction of sp³-hybridized carbons (Fsp3) is 0.150. The summed E-state index contributed by atoms with van der Waals surface area (Å²) in [4.78, 5) is 29.0. The molecule has 1 aromatic heterocycles. The molecule has 8 heteroatoms. The SMILES string of the molecule is CCOC(=O)c1ccc(NC(=O)c2sc(Nc3ccc(F)cc3)nc2C)cc1. The molecule has 28 heavy (non-hydrogen) atoms. The first-order chi connectivity index (χ1) is 13.5. The van der Waals surface area contributed by atoms with Gasteiger partial charge >= 0.3 is 5.97 Å². The lowest BCUT2D eigenvalue weighted by molar-refractivity contribution is 0.0526. The number of hydrogen-bond acceptors (Lipinski definition) is 6. The average molecular weight is 399 g/mol. The van der Waals surface area contributed by atoms with Crippen LogP contribution in [0.4, 0.5) is 20.9 Å². The van der Waals surface area contributed by atoms with Crippen molar-refractivity contribution in [3.63, 3.8) is 0 Å². The highest BCUT2D eigenvalue weighted by Gasteiger charge is 2.16. The second kappa shape index (κ2) is 8.62. The summed E-state index contributed by atoms with van der Waals surface area (Å²) in [5, 5.41) is 6.37. The number of carbonyl (C=O) groups excluding carboxylic acids is 2. The summed E-state index contributed by atoms with van der Waals surface area (Å²) < 4.78 is 17.9. The molecule has 144 valence electrons. The molecule has 0 aliphatic rings. The molecule has 0 fully saturated rings. The van der Waals surface area contributed by atoms with Gasteiger partial charge in [0.05, 0.1) is 17.9 Å². The molecule has 1 amide bonds. The van der Waals surface area contributed by atoms with Crippen LogP contribution in [0.25, 0.3) is 0 Å². The number of hydrogen-bond donors (Lipinski definition) is 2. The second-order valence-corrected chi connectivity index (χ2v) is 6.82. The summed E-state index contributed by atoms with van der Waals surface area (Å²) >= 11 is 1.20. The number of esters is 1. The lowest BCUT2D eigenvalue weighted by Crippen LogP contribution is -2.12. The van der Waals surface area contributed by atoms with Crippen LogP contribution >= 0.6 is 11.3 Å². The van der Waals surface area contributed by atoms with Crippen molar-refractivity contribution in [3.8, 4) is 0 Å². The van der Waals surface area contributed by atoms with Crippen LogP contribution in [0.1, 0.15) is 32.6 Å². The number of aryl methyl sites for hydroxylation is 1. The number of carbonyl (C=O) groups is 2. The number of rotatable bonds is 6. The van der Waals surface area contributed by atoms with Crippen LogP contribution in [-0.4, -0.2) is 23.5 Å². The number of thiazole rings is 1. The number of benzene rings is 2. The molecule has 3 aromatic rings. The number of amides is 1. The van der Waals surface area contributed by atoms with Crippen LogP contribution in [0.15, 0.2) is 48.5 Å². The van der Waals surface area contributed by atoms with Crippen molar-refractivity contribution in [1.82, 2.24) is 4.98 Å².